The molecular formula is C62H89N5O23. The van der Waals surface area contributed by atoms with Gasteiger partial charge in [-0.15, -0.1) is 0 Å². The van der Waals surface area contributed by atoms with E-state index in [0.29, 0.717) is 31.3 Å². The molecule has 28 nitrogen and oxygen atoms in total. The van der Waals surface area contributed by atoms with Gasteiger partial charge in [-0.1, -0.05) is 57.6 Å². The molecule has 0 spiro atoms. The fraction of sp³-hybridized carbons (Fsp3) is 0.661. The van der Waals surface area contributed by atoms with Gasteiger partial charge in [0, 0.05) is 90.1 Å². The first-order chi connectivity index (χ1) is 42.5. The summed E-state index contributed by atoms with van der Waals surface area (Å²) in [6, 6.07) is 4.07. The van der Waals surface area contributed by atoms with Crippen molar-refractivity contribution < 1.29 is 112 Å². The Morgan fingerprint density at radius 1 is 0.878 bits per heavy atom. The van der Waals surface area contributed by atoms with Gasteiger partial charge in [-0.2, -0.15) is 0 Å². The third-order valence-corrected chi connectivity index (χ3v) is 16.6. The predicted molar refractivity (Wildman–Crippen MR) is 316 cm³/mol. The maximum Gasteiger partial charge on any atom is 0.410 e. The maximum absolute atomic E-state index is 14.1. The molecule has 6 amide bonds. The highest BCUT2D eigenvalue weighted by Crippen LogP contribution is 2.38. The summed E-state index contributed by atoms with van der Waals surface area (Å²) in [6.45, 7) is 11.4. The number of esters is 2. The van der Waals surface area contributed by atoms with Crippen LogP contribution in [0.1, 0.15) is 131 Å². The quantitative estimate of drug-likeness (QED) is 0.0129. The van der Waals surface area contributed by atoms with Gasteiger partial charge in [0.1, 0.15) is 42.4 Å². The zero-order valence-corrected chi connectivity index (χ0v) is 52.1. The molecule has 15 atom stereocenters. The number of amides is 6. The number of carbonyl (C=O) groups excluding carboxylic acids is 8. The van der Waals surface area contributed by atoms with Crippen molar-refractivity contribution in [2.45, 2.75) is 211 Å². The largest absolute Gasteiger partial charge is 0.479 e. The second-order valence-electron chi connectivity index (χ2n) is 24.2. The standard InChI is InChI=1S/C62H89N5O23/c1-8-42(70)37(4)55-44(85-55)33-61(6,83)23-12-13-35(2)54-36(3)15-18-45(62(7,90-38(5)68)24-21-40(69)32-50(75)88-54)87-60(82)66-29-27-65(28-30-66)59(81)84-34-39-16-17-43(86-58-53(78)51(76)52(77)56(89-58)57(79)80)41(31-39)64-47(72)22-25-63-46(71)14-10-9-11-26-67-48(73)19-20-49(67)74/h12-13,15-18,23,31,36-37,40,42,44-45,51-56,58,69-70,76-78,83H,8-11,14,19-22,24-30,32-34H2,1-7H3,(H,63,71)(H,64,72)(H,79,80)/b18-15+,23-12+,35-13+/t36-,37+,40+,42-,44+,45-,51-,52-,53+,54+,55+,56-,58+,61?,62+/m0/s1. The molecule has 9 N–H and O–H groups in total. The number of aliphatic carboxylic acids is 1. The molecule has 1 unspecified atom stereocenters. The van der Waals surface area contributed by atoms with Gasteiger partial charge < -0.3 is 89.3 Å². The van der Waals surface area contributed by atoms with Gasteiger partial charge in [0.15, 0.2) is 12.2 Å². The number of carboxylic acid groups (broad SMARTS) is 1. The number of unbranched alkanes of at least 4 members (excludes halogenated alkanes) is 2. The van der Waals surface area contributed by atoms with Crippen molar-refractivity contribution in [2.24, 2.45) is 11.8 Å². The molecule has 5 heterocycles. The van der Waals surface area contributed by atoms with Crippen molar-refractivity contribution in [1.82, 2.24) is 20.0 Å². The van der Waals surface area contributed by atoms with E-state index in [1.165, 1.54) is 45.9 Å². The number of imide groups is 1. The monoisotopic (exact) mass is 1270 g/mol. The molecule has 1 aromatic carbocycles. The number of hydrogen-bond donors (Lipinski definition) is 9. The van der Waals surface area contributed by atoms with E-state index >= 15 is 0 Å². The summed E-state index contributed by atoms with van der Waals surface area (Å²) in [5.74, 6) is -5.34. The van der Waals surface area contributed by atoms with Crippen LogP contribution in [-0.4, -0.2) is 222 Å². The van der Waals surface area contributed by atoms with Crippen LogP contribution in [0.2, 0.25) is 0 Å². The number of likely N-dealkylation sites (tertiary alicyclic amines) is 1. The second kappa shape index (κ2) is 32.8. The van der Waals surface area contributed by atoms with Crippen molar-refractivity contribution in [2.75, 3.05) is 44.6 Å². The number of nitrogens with zero attached hydrogens (tertiary/aromatic N) is 3. The maximum atomic E-state index is 14.1. The predicted octanol–water partition coefficient (Wildman–Crippen LogP) is 2.66. The molecule has 0 aromatic heterocycles. The molecule has 6 rings (SSSR count). The normalized spacial score (nSPS) is 29.3. The van der Waals surface area contributed by atoms with E-state index in [2.05, 4.69) is 10.6 Å². The lowest BCUT2D eigenvalue weighted by Crippen LogP contribution is -2.61. The van der Waals surface area contributed by atoms with Gasteiger partial charge in [0.25, 0.3) is 0 Å². The number of allylic oxidation sites excluding steroid dienone is 2. The molecule has 28 heteroatoms. The number of epoxide rings is 1. The number of piperazine rings is 1. The first-order valence-corrected chi connectivity index (χ1v) is 30.7. The number of benzene rings is 1. The summed E-state index contributed by atoms with van der Waals surface area (Å²) in [6.07, 6.45) is -5.40. The average Bonchev–Trinajstić information content (AvgIpc) is 1.36. The van der Waals surface area contributed by atoms with Crippen LogP contribution in [0.4, 0.5) is 15.3 Å². The van der Waals surface area contributed by atoms with E-state index in [-0.39, 0.29) is 144 Å². The van der Waals surface area contributed by atoms with Crippen LogP contribution < -0.4 is 15.4 Å². The van der Waals surface area contributed by atoms with Crippen LogP contribution in [-0.2, 0) is 68.6 Å². The van der Waals surface area contributed by atoms with Gasteiger partial charge in [-0.05, 0) is 82.2 Å². The molecule has 5 aliphatic rings. The van der Waals surface area contributed by atoms with Gasteiger partial charge in [0.2, 0.25) is 29.9 Å². The van der Waals surface area contributed by atoms with Crippen LogP contribution in [0.3, 0.4) is 0 Å². The number of hydrogen-bond acceptors (Lipinski definition) is 22. The Kier molecular flexibility index (Phi) is 26.2. The molecule has 4 fully saturated rings. The Morgan fingerprint density at radius 2 is 1.56 bits per heavy atom. The minimum absolute atomic E-state index is 0.0200. The number of nitrogens with one attached hydrogen (secondary N) is 2. The van der Waals surface area contributed by atoms with Crippen molar-refractivity contribution in [3.8, 4) is 5.75 Å². The van der Waals surface area contributed by atoms with Crippen molar-refractivity contribution in [3.05, 3.63) is 59.7 Å². The van der Waals surface area contributed by atoms with E-state index in [4.69, 9.17) is 33.2 Å². The van der Waals surface area contributed by atoms with Crippen LogP contribution in [0.25, 0.3) is 0 Å². The first-order valence-electron chi connectivity index (χ1n) is 30.7. The zero-order chi connectivity index (χ0) is 66.2. The summed E-state index contributed by atoms with van der Waals surface area (Å²) < 4.78 is 40.3. The van der Waals surface area contributed by atoms with E-state index in [1.807, 2.05) is 13.8 Å². The molecule has 0 radical (unpaired) electrons. The highest BCUT2D eigenvalue weighted by atomic mass is 16.7. The highest BCUT2D eigenvalue weighted by molar-refractivity contribution is 6.01. The Morgan fingerprint density at radius 3 is 2.21 bits per heavy atom. The van der Waals surface area contributed by atoms with E-state index in [1.54, 1.807) is 52.0 Å². The number of aliphatic hydroxyl groups is 6. The van der Waals surface area contributed by atoms with E-state index < -0.39 is 115 Å². The van der Waals surface area contributed by atoms with E-state index in [0.717, 1.165) is 0 Å². The molecule has 0 bridgehead atoms. The summed E-state index contributed by atoms with van der Waals surface area (Å²) >= 11 is 0. The fourth-order valence-electron chi connectivity index (χ4n) is 11.1. The third kappa shape index (κ3) is 20.7. The number of cyclic esters (lactones) is 1. The molecular weight excluding hydrogens is 1180 g/mol. The SMILES string of the molecule is CC[C@H](O)[C@@H](C)[C@H]1O[C@@H]1CC(C)(O)/C=C/C=C(\C)[C@H]1OC(=O)C[C@H](O)CC[C@@](C)(OC(C)=O)[C@@H](OC(=O)N2CCN(C(=O)OCc3ccc(O[C@@H]4O[C@H](C(=O)O)[C@@H](O)[C@H](O)[C@H]4O)c(NC(=O)CCNC(=O)CCCCCN4C(=O)CCC4=O)c3)CC2)/C=C/[C@@H]1C. The zero-order valence-electron chi connectivity index (χ0n) is 52.1. The molecule has 1 aromatic rings. The lowest BCUT2D eigenvalue weighted by Gasteiger charge is -2.38. The lowest BCUT2D eigenvalue weighted by atomic mass is 9.88. The topological polar surface area (TPSA) is 397 Å². The molecule has 500 valence electrons. The smallest absolute Gasteiger partial charge is 0.410 e. The van der Waals surface area contributed by atoms with Crippen molar-refractivity contribution in [3.63, 3.8) is 0 Å². The summed E-state index contributed by atoms with van der Waals surface area (Å²) in [5.41, 5.74) is -2.05. The summed E-state index contributed by atoms with van der Waals surface area (Å²) in [4.78, 5) is 119. The first kappa shape index (κ1) is 72.0. The molecule has 90 heavy (non-hydrogen) atoms. The molecule has 5 aliphatic heterocycles. The van der Waals surface area contributed by atoms with Crippen LogP contribution in [0, 0.1) is 11.8 Å². The van der Waals surface area contributed by atoms with Crippen molar-refractivity contribution >= 4 is 59.4 Å². The third-order valence-electron chi connectivity index (χ3n) is 16.6. The number of carbonyl (C=O) groups is 9. The number of rotatable bonds is 25. The Bertz CT molecular complexity index is 2790. The average molecular weight is 1270 g/mol. The summed E-state index contributed by atoms with van der Waals surface area (Å²) in [5, 5.41) is 78.7. The van der Waals surface area contributed by atoms with E-state index in [9.17, 15) is 78.9 Å². The lowest BCUT2D eigenvalue weighted by molar-refractivity contribution is -0.271. The Hall–Kier alpha value is -7.05. The van der Waals surface area contributed by atoms with Crippen molar-refractivity contribution in [1.29, 1.82) is 0 Å². The van der Waals surface area contributed by atoms with Gasteiger partial charge in [-0.25, -0.2) is 14.4 Å². The fourth-order valence-corrected chi connectivity index (χ4v) is 11.1. The Labute approximate surface area is 522 Å². The number of anilines is 1. The number of aliphatic hydroxyl groups excluding tert-OH is 5. The molecule has 4 saturated heterocycles. The number of ether oxygens (including phenoxy) is 7. The van der Waals surface area contributed by atoms with Crippen LogP contribution in [0.15, 0.2) is 54.2 Å². The molecule has 0 saturated carbocycles. The van der Waals surface area contributed by atoms with Gasteiger partial charge >= 0.3 is 30.1 Å². The van der Waals surface area contributed by atoms with Gasteiger partial charge in [-0.3, -0.25) is 33.7 Å². The second-order valence-corrected chi connectivity index (χ2v) is 24.2. The number of carboxylic acids is 1. The Balaban J connectivity index is 1.07. The van der Waals surface area contributed by atoms with Crippen LogP contribution in [0.5, 0.6) is 5.75 Å². The van der Waals surface area contributed by atoms with Crippen LogP contribution >= 0.6 is 0 Å². The minimum Gasteiger partial charge on any atom is -0.479 e. The summed E-state index contributed by atoms with van der Waals surface area (Å²) in [7, 11) is 0. The van der Waals surface area contributed by atoms with Gasteiger partial charge in [0.05, 0.1) is 42.1 Å². The molecule has 0 aliphatic carbocycles. The minimum atomic E-state index is -2.02. The highest BCUT2D eigenvalue weighted by Gasteiger charge is 2.49.